The highest BCUT2D eigenvalue weighted by Crippen LogP contribution is 2.19. The molecule has 0 bridgehead atoms. The third-order valence-corrected chi connectivity index (χ3v) is 4.68. The van der Waals surface area contributed by atoms with Crippen LogP contribution in [0.15, 0.2) is 0 Å². The van der Waals surface area contributed by atoms with Gasteiger partial charge in [-0.1, -0.05) is 0 Å². The normalized spacial score (nSPS) is 24.8. The Balaban J connectivity index is 2.50. The monoisotopic (exact) mass is 234 g/mol. The summed E-state index contributed by atoms with van der Waals surface area (Å²) in [5.41, 5.74) is 0. The Morgan fingerprint density at radius 1 is 1.53 bits per heavy atom. The lowest BCUT2D eigenvalue weighted by molar-refractivity contribution is -0.139. The van der Waals surface area contributed by atoms with E-state index in [0.717, 1.165) is 19.3 Å². The maximum absolute atomic E-state index is 11.8. The first kappa shape index (κ1) is 12.6. The maximum atomic E-state index is 11.8. The molecule has 0 aliphatic carbocycles. The van der Waals surface area contributed by atoms with Gasteiger partial charge in [-0.25, -0.2) is 0 Å². The minimum atomic E-state index is -1.38. The second kappa shape index (κ2) is 5.07. The van der Waals surface area contributed by atoms with Crippen LogP contribution in [0, 0.1) is 0 Å². The first-order valence-electron chi connectivity index (χ1n) is 5.18. The molecule has 88 valence electrons. The molecule has 0 spiro atoms. The molecular weight excluding hydrogens is 216 g/mol. The van der Waals surface area contributed by atoms with E-state index in [-0.39, 0.29) is 6.10 Å². The molecule has 0 aromatic heterocycles. The average molecular weight is 234 g/mol. The fourth-order valence-corrected chi connectivity index (χ4v) is 2.63. The molecule has 2 atom stereocenters. The molecule has 1 aliphatic heterocycles. The number of aliphatic carboxylic acids is 1. The molecule has 1 saturated heterocycles. The summed E-state index contributed by atoms with van der Waals surface area (Å²) < 4.78 is 16.1. The molecular formula is C10H18O4S. The Bertz CT molecular complexity index is 256. The Morgan fingerprint density at radius 2 is 2.20 bits per heavy atom. The van der Waals surface area contributed by atoms with E-state index in [1.807, 2.05) is 0 Å². The van der Waals surface area contributed by atoms with Gasteiger partial charge in [0.15, 0.2) is 0 Å². The lowest BCUT2D eigenvalue weighted by Gasteiger charge is -2.25. The van der Waals surface area contributed by atoms with Crippen molar-refractivity contribution in [2.24, 2.45) is 0 Å². The SMILES string of the molecule is CC(C)(C(=O)O)S(=O)CC1CCCCO1. The van der Waals surface area contributed by atoms with Gasteiger partial charge in [0.1, 0.15) is 4.75 Å². The van der Waals surface area contributed by atoms with Crippen LogP contribution in [0.5, 0.6) is 0 Å². The van der Waals surface area contributed by atoms with Crippen molar-refractivity contribution in [1.82, 2.24) is 0 Å². The second-order valence-electron chi connectivity index (χ2n) is 4.32. The number of carboxylic acids is 1. The van der Waals surface area contributed by atoms with Crippen LogP contribution in [0.3, 0.4) is 0 Å². The average Bonchev–Trinajstić information content (AvgIpc) is 2.18. The summed E-state index contributed by atoms with van der Waals surface area (Å²) in [6.07, 6.45) is 2.99. The minimum absolute atomic E-state index is 0.0294. The van der Waals surface area contributed by atoms with E-state index < -0.39 is 21.5 Å². The first-order valence-corrected chi connectivity index (χ1v) is 6.50. The zero-order valence-electron chi connectivity index (χ0n) is 9.19. The van der Waals surface area contributed by atoms with Crippen molar-refractivity contribution in [3.63, 3.8) is 0 Å². The van der Waals surface area contributed by atoms with Crippen LogP contribution in [-0.4, -0.2) is 38.5 Å². The van der Waals surface area contributed by atoms with Gasteiger partial charge in [-0.2, -0.15) is 0 Å². The number of carboxylic acid groups (broad SMARTS) is 1. The maximum Gasteiger partial charge on any atom is 0.321 e. The zero-order chi connectivity index (χ0) is 11.5. The fourth-order valence-electron chi connectivity index (χ4n) is 1.41. The third kappa shape index (κ3) is 3.28. The van der Waals surface area contributed by atoms with Gasteiger partial charge in [-0.3, -0.25) is 9.00 Å². The summed E-state index contributed by atoms with van der Waals surface area (Å²) in [5.74, 6) is -0.684. The van der Waals surface area contributed by atoms with Gasteiger partial charge in [0.25, 0.3) is 0 Å². The predicted molar refractivity (Wildman–Crippen MR) is 58.3 cm³/mol. The molecule has 0 amide bonds. The van der Waals surface area contributed by atoms with Crippen LogP contribution in [0.1, 0.15) is 33.1 Å². The van der Waals surface area contributed by atoms with E-state index in [9.17, 15) is 9.00 Å². The van der Waals surface area contributed by atoms with Gasteiger partial charge >= 0.3 is 5.97 Å². The number of hydrogen-bond donors (Lipinski definition) is 1. The summed E-state index contributed by atoms with van der Waals surface area (Å²) in [6.45, 7) is 3.69. The van der Waals surface area contributed by atoms with Crippen molar-refractivity contribution in [2.45, 2.75) is 44.0 Å². The molecule has 2 unspecified atom stereocenters. The van der Waals surface area contributed by atoms with Gasteiger partial charge in [-0.15, -0.1) is 0 Å². The summed E-state index contributed by atoms with van der Waals surface area (Å²) in [7, 11) is -1.38. The highest BCUT2D eigenvalue weighted by Gasteiger charge is 2.35. The number of rotatable bonds is 4. The summed E-state index contributed by atoms with van der Waals surface area (Å²) in [6, 6.07) is 0. The molecule has 1 heterocycles. The number of carbonyl (C=O) groups is 1. The molecule has 4 nitrogen and oxygen atoms in total. The Kier molecular flexibility index (Phi) is 4.28. The van der Waals surface area contributed by atoms with E-state index in [1.165, 1.54) is 13.8 Å². The molecule has 0 aromatic rings. The lowest BCUT2D eigenvalue weighted by Crippen LogP contribution is -2.41. The van der Waals surface area contributed by atoms with Crippen LogP contribution >= 0.6 is 0 Å². The number of ether oxygens (including phenoxy) is 1. The second-order valence-corrected chi connectivity index (χ2v) is 6.36. The predicted octanol–water partition coefficient (Wildman–Crippen LogP) is 1.17. The largest absolute Gasteiger partial charge is 0.480 e. The van der Waals surface area contributed by atoms with Crippen LogP contribution in [-0.2, 0) is 20.3 Å². The van der Waals surface area contributed by atoms with Crippen LogP contribution in [0.25, 0.3) is 0 Å². The van der Waals surface area contributed by atoms with Crippen LogP contribution < -0.4 is 0 Å². The summed E-state index contributed by atoms with van der Waals surface area (Å²) >= 11 is 0. The lowest BCUT2D eigenvalue weighted by atomic mass is 10.1. The molecule has 0 radical (unpaired) electrons. The van der Waals surface area contributed by atoms with Crippen LogP contribution in [0.4, 0.5) is 0 Å². The first-order chi connectivity index (χ1) is 6.94. The summed E-state index contributed by atoms with van der Waals surface area (Å²) in [5, 5.41) is 8.91. The molecule has 1 rings (SSSR count). The van der Waals surface area contributed by atoms with Crippen molar-refractivity contribution < 1.29 is 18.8 Å². The van der Waals surface area contributed by atoms with Gasteiger partial charge in [0.05, 0.1) is 11.9 Å². The van der Waals surface area contributed by atoms with E-state index >= 15 is 0 Å². The molecule has 5 heteroatoms. The quantitative estimate of drug-likeness (QED) is 0.793. The Hall–Kier alpha value is -0.420. The Labute approximate surface area is 92.5 Å². The third-order valence-electron chi connectivity index (χ3n) is 2.70. The standard InChI is InChI=1S/C10H18O4S/c1-10(2,9(11)12)15(13)7-8-5-3-4-6-14-8/h8H,3-7H2,1-2H3,(H,11,12). The number of hydrogen-bond acceptors (Lipinski definition) is 3. The highest BCUT2D eigenvalue weighted by atomic mass is 32.2. The van der Waals surface area contributed by atoms with Crippen LogP contribution in [0.2, 0.25) is 0 Å². The van der Waals surface area contributed by atoms with Gasteiger partial charge in [0, 0.05) is 17.4 Å². The summed E-state index contributed by atoms with van der Waals surface area (Å²) in [4.78, 5) is 10.9. The Morgan fingerprint density at radius 3 is 2.67 bits per heavy atom. The zero-order valence-corrected chi connectivity index (χ0v) is 10.0. The molecule has 1 fully saturated rings. The van der Waals surface area contributed by atoms with E-state index in [0.29, 0.717) is 12.4 Å². The van der Waals surface area contributed by atoms with E-state index in [1.54, 1.807) is 0 Å². The smallest absolute Gasteiger partial charge is 0.321 e. The van der Waals surface area contributed by atoms with Crippen molar-refractivity contribution >= 4 is 16.8 Å². The van der Waals surface area contributed by atoms with Crippen molar-refractivity contribution in [1.29, 1.82) is 0 Å². The highest BCUT2D eigenvalue weighted by molar-refractivity contribution is 7.87. The van der Waals surface area contributed by atoms with Crippen molar-refractivity contribution in [2.75, 3.05) is 12.4 Å². The molecule has 0 saturated carbocycles. The van der Waals surface area contributed by atoms with Crippen molar-refractivity contribution in [3.8, 4) is 0 Å². The molecule has 1 aliphatic rings. The van der Waals surface area contributed by atoms with E-state index in [2.05, 4.69) is 0 Å². The van der Waals surface area contributed by atoms with E-state index in [4.69, 9.17) is 9.84 Å². The molecule has 1 N–H and O–H groups in total. The van der Waals surface area contributed by atoms with Gasteiger partial charge in [-0.05, 0) is 33.1 Å². The van der Waals surface area contributed by atoms with Gasteiger partial charge in [0.2, 0.25) is 0 Å². The fraction of sp³-hybridized carbons (Fsp3) is 0.900. The minimum Gasteiger partial charge on any atom is -0.480 e. The van der Waals surface area contributed by atoms with Gasteiger partial charge < -0.3 is 9.84 Å². The molecule has 0 aromatic carbocycles. The van der Waals surface area contributed by atoms with Crippen molar-refractivity contribution in [3.05, 3.63) is 0 Å². The molecule has 15 heavy (non-hydrogen) atoms. The topological polar surface area (TPSA) is 63.6 Å².